The number of Topliss-reactive ketones (excluding diaryl/α,β-unsaturated/α-hetero) is 1. The van der Waals surface area contributed by atoms with Crippen LogP contribution in [0.25, 0.3) is 0 Å². The SMILES string of the molecule is CC.CC(C)C(=O)CCCCCN. The lowest BCUT2D eigenvalue weighted by Gasteiger charge is -2.02. The Hall–Kier alpha value is -0.370. The summed E-state index contributed by atoms with van der Waals surface area (Å²) in [7, 11) is 0. The molecule has 2 heteroatoms. The predicted molar refractivity (Wildman–Crippen MR) is 58.7 cm³/mol. The van der Waals surface area contributed by atoms with Crippen LogP contribution in [0.1, 0.15) is 53.4 Å². The number of unbranched alkanes of at least 4 members (excludes halogenated alkanes) is 2. The van der Waals surface area contributed by atoms with Gasteiger partial charge in [-0.3, -0.25) is 4.79 Å². The Morgan fingerprint density at radius 1 is 1.15 bits per heavy atom. The van der Waals surface area contributed by atoms with Crippen molar-refractivity contribution < 1.29 is 4.79 Å². The fraction of sp³-hybridized carbons (Fsp3) is 0.909. The number of ketones is 1. The van der Waals surface area contributed by atoms with E-state index < -0.39 is 0 Å². The maximum Gasteiger partial charge on any atom is 0.135 e. The Morgan fingerprint density at radius 2 is 1.69 bits per heavy atom. The number of hydrogen-bond donors (Lipinski definition) is 1. The van der Waals surface area contributed by atoms with E-state index >= 15 is 0 Å². The van der Waals surface area contributed by atoms with E-state index in [2.05, 4.69) is 0 Å². The molecule has 0 bridgehead atoms. The molecule has 0 rings (SSSR count). The predicted octanol–water partition coefficient (Wildman–Crippen LogP) is 2.76. The summed E-state index contributed by atoms with van der Waals surface area (Å²) in [6.45, 7) is 8.65. The molecule has 0 spiro atoms. The molecular weight excluding hydrogens is 162 g/mol. The third kappa shape index (κ3) is 11.6. The van der Waals surface area contributed by atoms with Gasteiger partial charge in [0, 0.05) is 12.3 Å². The highest BCUT2D eigenvalue weighted by Crippen LogP contribution is 2.05. The van der Waals surface area contributed by atoms with Gasteiger partial charge in [-0.2, -0.15) is 0 Å². The van der Waals surface area contributed by atoms with Gasteiger partial charge in [-0.1, -0.05) is 34.1 Å². The fourth-order valence-corrected chi connectivity index (χ4v) is 0.909. The standard InChI is InChI=1S/C9H19NO.C2H6/c1-8(2)9(11)6-4-3-5-7-10;1-2/h8H,3-7,10H2,1-2H3;1-2H3. The molecule has 0 atom stereocenters. The lowest BCUT2D eigenvalue weighted by atomic mass is 10.0. The van der Waals surface area contributed by atoms with E-state index in [0.717, 1.165) is 32.2 Å². The minimum atomic E-state index is 0.202. The number of rotatable bonds is 6. The quantitative estimate of drug-likeness (QED) is 0.650. The van der Waals surface area contributed by atoms with Crippen molar-refractivity contribution in [1.82, 2.24) is 0 Å². The molecule has 13 heavy (non-hydrogen) atoms. The molecule has 0 aromatic rings. The van der Waals surface area contributed by atoms with E-state index in [1.165, 1.54) is 0 Å². The average Bonchev–Trinajstić information content (AvgIpc) is 2.15. The van der Waals surface area contributed by atoms with Crippen LogP contribution < -0.4 is 5.73 Å². The van der Waals surface area contributed by atoms with Gasteiger partial charge in [0.15, 0.2) is 0 Å². The molecule has 0 radical (unpaired) electrons. The van der Waals surface area contributed by atoms with Crippen molar-refractivity contribution >= 4 is 5.78 Å². The lowest BCUT2D eigenvalue weighted by Crippen LogP contribution is -2.06. The first-order valence-corrected chi connectivity index (χ1v) is 5.41. The van der Waals surface area contributed by atoms with Crippen LogP contribution in [0.15, 0.2) is 0 Å². The molecule has 0 saturated heterocycles. The summed E-state index contributed by atoms with van der Waals surface area (Å²) in [6, 6.07) is 0. The number of carbonyl (C=O) groups is 1. The van der Waals surface area contributed by atoms with Crippen LogP contribution >= 0.6 is 0 Å². The molecule has 0 fully saturated rings. The van der Waals surface area contributed by atoms with Crippen molar-refractivity contribution in [3.8, 4) is 0 Å². The lowest BCUT2D eigenvalue weighted by molar-refractivity contribution is -0.122. The molecule has 0 heterocycles. The van der Waals surface area contributed by atoms with Crippen LogP contribution in [-0.2, 0) is 4.79 Å². The summed E-state index contributed by atoms with van der Waals surface area (Å²) < 4.78 is 0. The zero-order valence-electron chi connectivity index (χ0n) is 9.60. The number of nitrogens with two attached hydrogens (primary N) is 1. The third-order valence-electron chi connectivity index (χ3n) is 1.77. The first-order valence-electron chi connectivity index (χ1n) is 5.41. The summed E-state index contributed by atoms with van der Waals surface area (Å²) in [5, 5.41) is 0. The summed E-state index contributed by atoms with van der Waals surface area (Å²) in [5.74, 6) is 0.579. The first-order chi connectivity index (χ1) is 6.18. The van der Waals surface area contributed by atoms with E-state index in [4.69, 9.17) is 5.73 Å². The Kier molecular flexibility index (Phi) is 13.5. The molecule has 0 aromatic carbocycles. The number of carbonyl (C=O) groups excluding carboxylic acids is 1. The van der Waals surface area contributed by atoms with E-state index in [1.807, 2.05) is 27.7 Å². The summed E-state index contributed by atoms with van der Waals surface area (Å²) in [5.41, 5.74) is 5.32. The van der Waals surface area contributed by atoms with E-state index in [0.29, 0.717) is 5.78 Å². The van der Waals surface area contributed by atoms with Gasteiger partial charge in [0.25, 0.3) is 0 Å². The van der Waals surface area contributed by atoms with E-state index in [1.54, 1.807) is 0 Å². The van der Waals surface area contributed by atoms with Crippen LogP contribution in [-0.4, -0.2) is 12.3 Å². The van der Waals surface area contributed by atoms with Gasteiger partial charge in [-0.25, -0.2) is 0 Å². The van der Waals surface area contributed by atoms with Crippen molar-refractivity contribution in [2.24, 2.45) is 11.7 Å². The third-order valence-corrected chi connectivity index (χ3v) is 1.77. The minimum absolute atomic E-state index is 0.202. The molecule has 0 aromatic heterocycles. The molecular formula is C11H25NO. The normalized spacial score (nSPS) is 9.38. The van der Waals surface area contributed by atoms with Crippen LogP contribution in [0, 0.1) is 5.92 Å². The van der Waals surface area contributed by atoms with Gasteiger partial charge in [0.05, 0.1) is 0 Å². The van der Waals surface area contributed by atoms with Gasteiger partial charge in [0.1, 0.15) is 5.78 Å². The highest BCUT2D eigenvalue weighted by atomic mass is 16.1. The molecule has 80 valence electrons. The van der Waals surface area contributed by atoms with E-state index in [-0.39, 0.29) is 5.92 Å². The van der Waals surface area contributed by atoms with Gasteiger partial charge < -0.3 is 5.73 Å². The molecule has 2 nitrogen and oxygen atoms in total. The van der Waals surface area contributed by atoms with Crippen molar-refractivity contribution in [2.45, 2.75) is 53.4 Å². The Bertz CT molecular complexity index is 111. The van der Waals surface area contributed by atoms with Crippen molar-refractivity contribution in [1.29, 1.82) is 0 Å². The van der Waals surface area contributed by atoms with Crippen molar-refractivity contribution in [3.05, 3.63) is 0 Å². The highest BCUT2D eigenvalue weighted by Gasteiger charge is 2.05. The molecule has 0 aliphatic heterocycles. The van der Waals surface area contributed by atoms with Crippen LogP contribution in [0.5, 0.6) is 0 Å². The molecule has 0 saturated carbocycles. The van der Waals surface area contributed by atoms with Crippen molar-refractivity contribution in [3.63, 3.8) is 0 Å². The molecule has 0 unspecified atom stereocenters. The first kappa shape index (κ1) is 15.1. The van der Waals surface area contributed by atoms with Gasteiger partial charge in [-0.05, 0) is 19.4 Å². The second-order valence-corrected chi connectivity index (χ2v) is 3.22. The monoisotopic (exact) mass is 187 g/mol. The van der Waals surface area contributed by atoms with Gasteiger partial charge >= 0.3 is 0 Å². The maximum absolute atomic E-state index is 11.1. The van der Waals surface area contributed by atoms with Crippen molar-refractivity contribution in [2.75, 3.05) is 6.54 Å². The zero-order valence-corrected chi connectivity index (χ0v) is 9.60. The Labute approximate surface area is 82.9 Å². The second-order valence-electron chi connectivity index (χ2n) is 3.22. The zero-order chi connectivity index (χ0) is 10.7. The largest absolute Gasteiger partial charge is 0.330 e. The van der Waals surface area contributed by atoms with Crippen LogP contribution in [0.3, 0.4) is 0 Å². The van der Waals surface area contributed by atoms with Crippen LogP contribution in [0.2, 0.25) is 0 Å². The molecule has 2 N–H and O–H groups in total. The molecule has 0 aliphatic rings. The summed E-state index contributed by atoms with van der Waals surface area (Å²) in [4.78, 5) is 11.1. The summed E-state index contributed by atoms with van der Waals surface area (Å²) in [6.07, 6.45) is 3.88. The Balaban J connectivity index is 0. The Morgan fingerprint density at radius 3 is 2.08 bits per heavy atom. The maximum atomic E-state index is 11.1. The van der Waals surface area contributed by atoms with E-state index in [9.17, 15) is 4.79 Å². The smallest absolute Gasteiger partial charge is 0.135 e. The van der Waals surface area contributed by atoms with Gasteiger partial charge in [0.2, 0.25) is 0 Å². The minimum Gasteiger partial charge on any atom is -0.330 e. The highest BCUT2D eigenvalue weighted by molar-refractivity contribution is 5.80. The molecule has 0 amide bonds. The van der Waals surface area contributed by atoms with Gasteiger partial charge in [-0.15, -0.1) is 0 Å². The molecule has 0 aliphatic carbocycles. The van der Waals surface area contributed by atoms with Crippen LogP contribution in [0.4, 0.5) is 0 Å². The second kappa shape index (κ2) is 11.6. The topological polar surface area (TPSA) is 43.1 Å². The fourth-order valence-electron chi connectivity index (χ4n) is 0.909. The number of hydrogen-bond acceptors (Lipinski definition) is 2. The average molecular weight is 187 g/mol. The summed E-state index contributed by atoms with van der Waals surface area (Å²) >= 11 is 0.